The van der Waals surface area contributed by atoms with Crippen molar-refractivity contribution < 1.29 is 9.69 Å². The predicted octanol–water partition coefficient (Wildman–Crippen LogP) is 2.35. The van der Waals surface area contributed by atoms with Gasteiger partial charge in [0.25, 0.3) is 0 Å². The molecule has 0 aliphatic carbocycles. The number of hydrogen-bond donors (Lipinski definition) is 2. The van der Waals surface area contributed by atoms with E-state index in [4.69, 9.17) is 0 Å². The zero-order chi connectivity index (χ0) is 15.9. The van der Waals surface area contributed by atoms with Gasteiger partial charge in [0.15, 0.2) is 0 Å². The molecule has 3 heteroatoms. The van der Waals surface area contributed by atoms with Gasteiger partial charge in [-0.2, -0.15) is 0 Å². The van der Waals surface area contributed by atoms with Crippen LogP contribution in [0.4, 0.5) is 5.69 Å². The second-order valence-corrected chi connectivity index (χ2v) is 5.99. The first-order valence-electron chi connectivity index (χ1n) is 7.77. The molecule has 0 fully saturated rings. The Kier molecular flexibility index (Phi) is 5.73. The van der Waals surface area contributed by atoms with Crippen molar-refractivity contribution in [2.24, 2.45) is 0 Å². The van der Waals surface area contributed by atoms with Gasteiger partial charge in [0, 0.05) is 11.3 Å². The summed E-state index contributed by atoms with van der Waals surface area (Å²) >= 11 is 0. The Morgan fingerprint density at radius 1 is 1.09 bits per heavy atom. The Labute approximate surface area is 133 Å². The Balaban J connectivity index is 1.81. The largest absolute Gasteiger partial charge is 0.333 e. The van der Waals surface area contributed by atoms with E-state index >= 15 is 0 Å². The lowest BCUT2D eigenvalue weighted by Gasteiger charge is -2.14. The van der Waals surface area contributed by atoms with E-state index < -0.39 is 0 Å². The predicted molar refractivity (Wildman–Crippen MR) is 91.1 cm³/mol. The minimum atomic E-state index is 0.0844. The molecule has 1 atom stereocenters. The van der Waals surface area contributed by atoms with Crippen molar-refractivity contribution in [3.05, 3.63) is 65.2 Å². The molecule has 2 rings (SSSR count). The number of hydrogen-bond acceptors (Lipinski definition) is 1. The zero-order valence-corrected chi connectivity index (χ0v) is 13.6. The number of quaternary nitrogens is 1. The summed E-state index contributed by atoms with van der Waals surface area (Å²) in [5, 5.41) is 3.02. The molecule has 0 aromatic heterocycles. The molecule has 0 radical (unpaired) electrons. The molecule has 3 nitrogen and oxygen atoms in total. The summed E-state index contributed by atoms with van der Waals surface area (Å²) in [6.45, 7) is 5.82. The smallest absolute Gasteiger partial charge is 0.230 e. The molecule has 22 heavy (non-hydrogen) atoms. The SMILES string of the molecule is Cc1ccc(C)c(NC(=O)CC[NH+](C)Cc2ccccc2)c1. The Bertz CT molecular complexity index is 623. The third-order valence-electron chi connectivity index (χ3n) is 3.79. The molecule has 0 saturated heterocycles. The molecule has 0 heterocycles. The molecular weight excluding hydrogens is 272 g/mol. The lowest BCUT2D eigenvalue weighted by Crippen LogP contribution is -3.07. The van der Waals surface area contributed by atoms with E-state index in [9.17, 15) is 4.79 Å². The van der Waals surface area contributed by atoms with Crippen LogP contribution < -0.4 is 10.2 Å². The van der Waals surface area contributed by atoms with E-state index in [0.717, 1.165) is 29.9 Å². The first-order valence-corrected chi connectivity index (χ1v) is 7.77. The van der Waals surface area contributed by atoms with E-state index in [2.05, 4.69) is 42.7 Å². The third kappa shape index (κ3) is 5.01. The van der Waals surface area contributed by atoms with Crippen molar-refractivity contribution in [3.63, 3.8) is 0 Å². The molecule has 0 aliphatic rings. The number of amides is 1. The fourth-order valence-electron chi connectivity index (χ4n) is 2.44. The average molecular weight is 297 g/mol. The maximum absolute atomic E-state index is 12.1. The number of rotatable bonds is 6. The van der Waals surface area contributed by atoms with Gasteiger partial charge in [-0.25, -0.2) is 0 Å². The molecular formula is C19H25N2O+. The van der Waals surface area contributed by atoms with Gasteiger partial charge in [-0.3, -0.25) is 4.79 Å². The molecule has 0 saturated carbocycles. The highest BCUT2D eigenvalue weighted by atomic mass is 16.1. The molecule has 2 aromatic rings. The van der Waals surface area contributed by atoms with Crippen molar-refractivity contribution in [1.29, 1.82) is 0 Å². The maximum Gasteiger partial charge on any atom is 0.230 e. The van der Waals surface area contributed by atoms with Gasteiger partial charge in [0.05, 0.1) is 20.0 Å². The fourth-order valence-corrected chi connectivity index (χ4v) is 2.44. The van der Waals surface area contributed by atoms with Crippen LogP contribution in [0.15, 0.2) is 48.5 Å². The van der Waals surface area contributed by atoms with Gasteiger partial charge in [-0.1, -0.05) is 42.5 Å². The number of aryl methyl sites for hydroxylation is 2. The van der Waals surface area contributed by atoms with Crippen LogP contribution in [0.25, 0.3) is 0 Å². The molecule has 116 valence electrons. The van der Waals surface area contributed by atoms with Crippen LogP contribution in [0.5, 0.6) is 0 Å². The molecule has 0 aliphatic heterocycles. The summed E-state index contributed by atoms with van der Waals surface area (Å²) in [5.41, 5.74) is 4.48. The Hall–Kier alpha value is -2.13. The van der Waals surface area contributed by atoms with Gasteiger partial charge in [0.2, 0.25) is 5.91 Å². The second-order valence-electron chi connectivity index (χ2n) is 5.99. The van der Waals surface area contributed by atoms with Gasteiger partial charge >= 0.3 is 0 Å². The summed E-state index contributed by atoms with van der Waals surface area (Å²) in [6.07, 6.45) is 0.534. The molecule has 1 unspecified atom stereocenters. The van der Waals surface area contributed by atoms with Crippen molar-refractivity contribution in [3.8, 4) is 0 Å². The molecule has 0 bridgehead atoms. The minimum absolute atomic E-state index is 0.0844. The van der Waals surface area contributed by atoms with Crippen molar-refractivity contribution in [2.75, 3.05) is 18.9 Å². The van der Waals surface area contributed by atoms with Crippen LogP contribution >= 0.6 is 0 Å². The quantitative estimate of drug-likeness (QED) is 0.843. The number of nitrogens with one attached hydrogen (secondary N) is 2. The number of benzene rings is 2. The molecule has 2 aromatic carbocycles. The van der Waals surface area contributed by atoms with Crippen LogP contribution in [0.2, 0.25) is 0 Å². The van der Waals surface area contributed by atoms with Crippen LogP contribution in [0.1, 0.15) is 23.1 Å². The van der Waals surface area contributed by atoms with Crippen LogP contribution in [0.3, 0.4) is 0 Å². The van der Waals surface area contributed by atoms with Gasteiger partial charge < -0.3 is 10.2 Å². The lowest BCUT2D eigenvalue weighted by molar-refractivity contribution is -0.893. The Morgan fingerprint density at radius 3 is 2.55 bits per heavy atom. The highest BCUT2D eigenvalue weighted by Crippen LogP contribution is 2.16. The van der Waals surface area contributed by atoms with E-state index in [0.29, 0.717) is 6.42 Å². The summed E-state index contributed by atoms with van der Waals surface area (Å²) in [6, 6.07) is 16.5. The van der Waals surface area contributed by atoms with Crippen LogP contribution in [-0.4, -0.2) is 19.5 Å². The first-order chi connectivity index (χ1) is 10.5. The summed E-state index contributed by atoms with van der Waals surface area (Å²) < 4.78 is 0. The van der Waals surface area contributed by atoms with Gasteiger partial charge in [-0.05, 0) is 31.0 Å². The van der Waals surface area contributed by atoms with E-state index in [1.165, 1.54) is 10.5 Å². The number of carbonyl (C=O) groups excluding carboxylic acids is 1. The van der Waals surface area contributed by atoms with Crippen molar-refractivity contribution in [1.82, 2.24) is 0 Å². The number of anilines is 1. The topological polar surface area (TPSA) is 33.5 Å². The summed E-state index contributed by atoms with van der Waals surface area (Å²) in [4.78, 5) is 13.4. The first kappa shape index (κ1) is 16.2. The normalized spacial score (nSPS) is 12.0. The monoisotopic (exact) mass is 297 g/mol. The molecule has 2 N–H and O–H groups in total. The standard InChI is InChI=1S/C19H24N2O/c1-15-9-10-16(2)18(13-15)20-19(22)11-12-21(3)14-17-7-5-4-6-8-17/h4-10,13H,11-12,14H2,1-3H3,(H,20,22)/p+1. The zero-order valence-electron chi connectivity index (χ0n) is 13.6. The third-order valence-corrected chi connectivity index (χ3v) is 3.79. The summed E-state index contributed by atoms with van der Waals surface area (Å²) in [7, 11) is 2.12. The van der Waals surface area contributed by atoms with E-state index in [1.807, 2.05) is 32.0 Å². The highest BCUT2D eigenvalue weighted by Gasteiger charge is 2.09. The van der Waals surface area contributed by atoms with Gasteiger partial charge in [0.1, 0.15) is 6.54 Å². The van der Waals surface area contributed by atoms with E-state index in [1.54, 1.807) is 0 Å². The lowest BCUT2D eigenvalue weighted by atomic mass is 10.1. The van der Waals surface area contributed by atoms with Gasteiger partial charge in [-0.15, -0.1) is 0 Å². The molecule has 1 amide bonds. The average Bonchev–Trinajstić information content (AvgIpc) is 2.50. The second kappa shape index (κ2) is 7.76. The van der Waals surface area contributed by atoms with Crippen molar-refractivity contribution >= 4 is 11.6 Å². The maximum atomic E-state index is 12.1. The van der Waals surface area contributed by atoms with E-state index in [-0.39, 0.29) is 5.91 Å². The Morgan fingerprint density at radius 2 is 1.82 bits per heavy atom. The van der Waals surface area contributed by atoms with Crippen molar-refractivity contribution in [2.45, 2.75) is 26.8 Å². The highest BCUT2D eigenvalue weighted by molar-refractivity contribution is 5.91. The summed E-state index contributed by atoms with van der Waals surface area (Å²) in [5.74, 6) is 0.0844. The molecule has 0 spiro atoms. The minimum Gasteiger partial charge on any atom is -0.333 e. The fraction of sp³-hybridized carbons (Fsp3) is 0.316. The van der Waals surface area contributed by atoms with Crippen LogP contribution in [-0.2, 0) is 11.3 Å². The number of carbonyl (C=O) groups is 1. The van der Waals surface area contributed by atoms with Crippen LogP contribution in [0, 0.1) is 13.8 Å².